The number of carbonyl (C=O) groups excluding carboxylic acids is 1. The molecule has 1 amide bonds. The maximum absolute atomic E-state index is 12.4. The average molecular weight is 275 g/mol. The highest BCUT2D eigenvalue weighted by molar-refractivity contribution is 5.97. The molecule has 0 saturated carbocycles. The Morgan fingerprint density at radius 3 is 3.05 bits per heavy atom. The smallest absolute Gasteiger partial charge is 0.253 e. The summed E-state index contributed by atoms with van der Waals surface area (Å²) in [6, 6.07) is 6.77. The van der Waals surface area contributed by atoms with Gasteiger partial charge in [0, 0.05) is 19.2 Å². The van der Waals surface area contributed by atoms with E-state index in [4.69, 9.17) is 4.74 Å². The standard InChI is InChI=1S/C16H22N2O2/c1-11-4-5-14-12(8-11)13-9-17(2)7-6-15(13)18(14)16(19)10-20-3/h4-5,8,13,15H,6-7,9-10H2,1-3H3/p+1/t13-,15+/m0/s1. The van der Waals surface area contributed by atoms with E-state index in [1.54, 1.807) is 12.0 Å². The second kappa shape index (κ2) is 5.19. The largest absolute Gasteiger partial charge is 0.375 e. The summed E-state index contributed by atoms with van der Waals surface area (Å²) >= 11 is 0. The van der Waals surface area contributed by atoms with E-state index in [1.165, 1.54) is 11.1 Å². The topological polar surface area (TPSA) is 34.0 Å². The normalized spacial score (nSPS) is 28.1. The minimum atomic E-state index is 0.0876. The van der Waals surface area contributed by atoms with Crippen molar-refractivity contribution < 1.29 is 14.4 Å². The number of methoxy groups -OCH3 is 1. The van der Waals surface area contributed by atoms with E-state index in [1.807, 2.05) is 4.90 Å². The first-order chi connectivity index (χ1) is 9.61. The third-order valence-corrected chi connectivity index (χ3v) is 4.61. The molecule has 0 aliphatic carbocycles. The summed E-state index contributed by atoms with van der Waals surface area (Å²) in [5.41, 5.74) is 3.72. The van der Waals surface area contributed by atoms with Gasteiger partial charge in [-0.15, -0.1) is 0 Å². The van der Waals surface area contributed by atoms with Gasteiger partial charge in [0.05, 0.1) is 32.1 Å². The van der Waals surface area contributed by atoms with E-state index in [2.05, 4.69) is 32.2 Å². The highest BCUT2D eigenvalue weighted by atomic mass is 16.5. The van der Waals surface area contributed by atoms with Gasteiger partial charge < -0.3 is 14.5 Å². The molecule has 1 saturated heterocycles. The highest BCUT2D eigenvalue weighted by Gasteiger charge is 2.45. The number of aryl methyl sites for hydroxylation is 1. The van der Waals surface area contributed by atoms with E-state index >= 15 is 0 Å². The average Bonchev–Trinajstić information content (AvgIpc) is 2.72. The number of hydrogen-bond acceptors (Lipinski definition) is 2. The molecule has 0 radical (unpaired) electrons. The third kappa shape index (κ3) is 2.13. The van der Waals surface area contributed by atoms with Gasteiger partial charge in [0.15, 0.2) is 0 Å². The van der Waals surface area contributed by atoms with E-state index in [0.717, 1.165) is 25.2 Å². The van der Waals surface area contributed by atoms with Gasteiger partial charge in [-0.05, 0) is 18.6 Å². The molecule has 0 aromatic heterocycles. The van der Waals surface area contributed by atoms with Crippen LogP contribution in [0.3, 0.4) is 0 Å². The van der Waals surface area contributed by atoms with Crippen molar-refractivity contribution in [1.29, 1.82) is 0 Å². The zero-order chi connectivity index (χ0) is 14.3. The van der Waals surface area contributed by atoms with Crippen LogP contribution in [0.4, 0.5) is 5.69 Å². The van der Waals surface area contributed by atoms with Crippen LogP contribution < -0.4 is 9.80 Å². The lowest BCUT2D eigenvalue weighted by Gasteiger charge is -2.34. The number of nitrogens with zero attached hydrogens (tertiary/aromatic N) is 1. The Kier molecular flexibility index (Phi) is 3.52. The zero-order valence-corrected chi connectivity index (χ0v) is 12.5. The molecular weight excluding hydrogens is 252 g/mol. The Balaban J connectivity index is 2.01. The Morgan fingerprint density at radius 1 is 1.50 bits per heavy atom. The molecule has 2 aliphatic heterocycles. The molecule has 1 unspecified atom stereocenters. The van der Waals surface area contributed by atoms with Gasteiger partial charge in [-0.3, -0.25) is 4.79 Å². The van der Waals surface area contributed by atoms with Crippen LogP contribution in [-0.2, 0) is 9.53 Å². The number of carbonyl (C=O) groups is 1. The van der Waals surface area contributed by atoms with Crippen molar-refractivity contribution in [1.82, 2.24) is 0 Å². The fraction of sp³-hybridized carbons (Fsp3) is 0.562. The highest BCUT2D eigenvalue weighted by Crippen LogP contribution is 2.42. The number of amides is 1. The predicted molar refractivity (Wildman–Crippen MR) is 78.3 cm³/mol. The Hall–Kier alpha value is -1.39. The molecule has 0 spiro atoms. The van der Waals surface area contributed by atoms with E-state index < -0.39 is 0 Å². The number of piperidine rings is 1. The summed E-state index contributed by atoms with van der Waals surface area (Å²) in [5, 5.41) is 0. The Labute approximate surface area is 120 Å². The summed E-state index contributed by atoms with van der Waals surface area (Å²) in [6.07, 6.45) is 1.07. The number of fused-ring (bicyclic) bond motifs is 3. The first kappa shape index (κ1) is 13.6. The maximum Gasteiger partial charge on any atom is 0.253 e. The maximum atomic E-state index is 12.4. The van der Waals surface area contributed by atoms with Gasteiger partial charge in [-0.2, -0.15) is 0 Å². The van der Waals surface area contributed by atoms with Gasteiger partial charge in [-0.25, -0.2) is 0 Å². The molecule has 1 aromatic carbocycles. The fourth-order valence-electron chi connectivity index (χ4n) is 3.72. The second-order valence-electron chi connectivity index (χ2n) is 6.13. The number of rotatable bonds is 2. The minimum Gasteiger partial charge on any atom is -0.375 e. The molecule has 1 fully saturated rings. The van der Waals surface area contributed by atoms with E-state index in [0.29, 0.717) is 12.0 Å². The van der Waals surface area contributed by atoms with Crippen LogP contribution in [0.2, 0.25) is 0 Å². The van der Waals surface area contributed by atoms with Crippen molar-refractivity contribution in [2.24, 2.45) is 0 Å². The van der Waals surface area contributed by atoms with Crippen molar-refractivity contribution in [3.8, 4) is 0 Å². The monoisotopic (exact) mass is 275 g/mol. The van der Waals surface area contributed by atoms with Crippen molar-refractivity contribution in [3.63, 3.8) is 0 Å². The lowest BCUT2D eigenvalue weighted by atomic mass is 9.89. The van der Waals surface area contributed by atoms with Crippen molar-refractivity contribution in [2.75, 3.05) is 38.8 Å². The van der Waals surface area contributed by atoms with Crippen LogP contribution in [0.25, 0.3) is 0 Å². The van der Waals surface area contributed by atoms with Gasteiger partial charge in [0.25, 0.3) is 5.91 Å². The predicted octanol–water partition coefficient (Wildman–Crippen LogP) is 0.359. The van der Waals surface area contributed by atoms with Crippen LogP contribution in [0, 0.1) is 6.92 Å². The van der Waals surface area contributed by atoms with Crippen LogP contribution in [0.5, 0.6) is 0 Å². The van der Waals surface area contributed by atoms with Gasteiger partial charge >= 0.3 is 0 Å². The van der Waals surface area contributed by atoms with Gasteiger partial charge in [0.2, 0.25) is 0 Å². The summed E-state index contributed by atoms with van der Waals surface area (Å²) in [7, 11) is 3.83. The quantitative estimate of drug-likeness (QED) is 0.845. The second-order valence-corrected chi connectivity index (χ2v) is 6.13. The number of anilines is 1. The number of likely N-dealkylation sites (N-methyl/N-ethyl adjacent to an activating group) is 1. The van der Waals surface area contributed by atoms with Gasteiger partial charge in [-0.1, -0.05) is 17.7 Å². The first-order valence-corrected chi connectivity index (χ1v) is 7.34. The number of ether oxygens (including phenoxy) is 1. The first-order valence-electron chi connectivity index (χ1n) is 7.34. The fourth-order valence-corrected chi connectivity index (χ4v) is 3.72. The molecule has 3 atom stereocenters. The number of benzene rings is 1. The molecule has 3 rings (SSSR count). The van der Waals surface area contributed by atoms with E-state index in [9.17, 15) is 4.79 Å². The molecule has 0 bridgehead atoms. The molecule has 20 heavy (non-hydrogen) atoms. The number of quaternary nitrogens is 1. The molecule has 4 nitrogen and oxygen atoms in total. The molecule has 2 heterocycles. The minimum absolute atomic E-state index is 0.0876. The summed E-state index contributed by atoms with van der Waals surface area (Å²) in [6.45, 7) is 4.52. The van der Waals surface area contributed by atoms with Crippen molar-refractivity contribution >= 4 is 11.6 Å². The van der Waals surface area contributed by atoms with E-state index in [-0.39, 0.29) is 12.5 Å². The van der Waals surface area contributed by atoms with Crippen LogP contribution >= 0.6 is 0 Å². The molecular formula is C16H23N2O2+. The molecule has 2 aliphatic rings. The lowest BCUT2D eigenvalue weighted by Crippen LogP contribution is -3.11. The van der Waals surface area contributed by atoms with Crippen LogP contribution in [0.15, 0.2) is 18.2 Å². The Morgan fingerprint density at radius 2 is 2.30 bits per heavy atom. The number of likely N-dealkylation sites (tertiary alicyclic amines) is 1. The van der Waals surface area contributed by atoms with Crippen molar-refractivity contribution in [3.05, 3.63) is 29.3 Å². The summed E-state index contributed by atoms with van der Waals surface area (Å²) < 4.78 is 5.06. The number of hydrogen-bond donors (Lipinski definition) is 1. The molecule has 4 heteroatoms. The van der Waals surface area contributed by atoms with Crippen LogP contribution in [0.1, 0.15) is 23.5 Å². The number of nitrogens with one attached hydrogen (secondary N) is 1. The molecule has 108 valence electrons. The Bertz CT molecular complexity index is 529. The van der Waals surface area contributed by atoms with Crippen molar-refractivity contribution in [2.45, 2.75) is 25.3 Å². The SMILES string of the molecule is COCC(=O)N1c2ccc(C)cc2[C@@H]2C[NH+](C)CC[C@H]21. The summed E-state index contributed by atoms with van der Waals surface area (Å²) in [4.78, 5) is 16.0. The lowest BCUT2D eigenvalue weighted by molar-refractivity contribution is -0.886. The zero-order valence-electron chi connectivity index (χ0n) is 12.5. The molecule has 1 aromatic rings. The third-order valence-electron chi connectivity index (χ3n) is 4.61. The summed E-state index contributed by atoms with van der Waals surface area (Å²) in [5.74, 6) is 0.559. The molecule has 1 N–H and O–H groups in total. The van der Waals surface area contributed by atoms with Crippen LogP contribution in [-0.4, -0.2) is 45.8 Å². The van der Waals surface area contributed by atoms with Gasteiger partial charge in [0.1, 0.15) is 6.61 Å².